The van der Waals surface area contributed by atoms with E-state index in [9.17, 15) is 5.11 Å². The molecule has 2 atom stereocenters. The van der Waals surface area contributed by atoms with Crippen molar-refractivity contribution < 1.29 is 5.11 Å². The van der Waals surface area contributed by atoms with Crippen molar-refractivity contribution in [2.45, 2.75) is 39.3 Å². The molecule has 0 saturated carbocycles. The third-order valence-electron chi connectivity index (χ3n) is 3.77. The zero-order chi connectivity index (χ0) is 14.7. The minimum atomic E-state index is -0.572. The van der Waals surface area contributed by atoms with Crippen molar-refractivity contribution in [3.8, 4) is 0 Å². The van der Waals surface area contributed by atoms with Crippen LogP contribution in [0.15, 0.2) is 42.5 Å². The van der Waals surface area contributed by atoms with Crippen LogP contribution in [0.5, 0.6) is 0 Å². The third-order valence-corrected chi connectivity index (χ3v) is 3.77. The van der Waals surface area contributed by atoms with E-state index >= 15 is 0 Å². The van der Waals surface area contributed by atoms with E-state index in [4.69, 9.17) is 5.73 Å². The molecule has 0 aliphatic rings. The van der Waals surface area contributed by atoms with Crippen LogP contribution in [0.2, 0.25) is 0 Å². The van der Waals surface area contributed by atoms with Crippen LogP contribution in [0.25, 0.3) is 0 Å². The molecule has 0 fully saturated rings. The van der Waals surface area contributed by atoms with Gasteiger partial charge in [0.05, 0.1) is 12.1 Å². The zero-order valence-corrected chi connectivity index (χ0v) is 12.4. The fourth-order valence-electron chi connectivity index (χ4n) is 2.89. The van der Waals surface area contributed by atoms with Crippen LogP contribution in [-0.2, 0) is 6.42 Å². The highest BCUT2D eigenvalue weighted by Gasteiger charge is 2.20. The molecule has 20 heavy (non-hydrogen) atoms. The topological polar surface area (TPSA) is 46.2 Å². The van der Waals surface area contributed by atoms with E-state index in [1.807, 2.05) is 30.3 Å². The van der Waals surface area contributed by atoms with Crippen LogP contribution < -0.4 is 5.73 Å². The summed E-state index contributed by atoms with van der Waals surface area (Å²) in [6, 6.07) is 13.9. The average Bonchev–Trinajstić information content (AvgIpc) is 2.38. The molecule has 0 spiro atoms. The van der Waals surface area contributed by atoms with Gasteiger partial charge >= 0.3 is 0 Å². The summed E-state index contributed by atoms with van der Waals surface area (Å²) >= 11 is 0. The molecule has 0 saturated heterocycles. The minimum Gasteiger partial charge on any atom is -0.391 e. The van der Waals surface area contributed by atoms with Crippen LogP contribution in [0.3, 0.4) is 0 Å². The Morgan fingerprint density at radius 3 is 2.10 bits per heavy atom. The van der Waals surface area contributed by atoms with Crippen LogP contribution in [0.1, 0.15) is 33.9 Å². The second kappa shape index (κ2) is 6.21. The lowest BCUT2D eigenvalue weighted by molar-refractivity contribution is 0.144. The number of rotatable bonds is 4. The van der Waals surface area contributed by atoms with Crippen molar-refractivity contribution in [2.24, 2.45) is 5.73 Å². The molecule has 2 aromatic carbocycles. The highest BCUT2D eigenvalue weighted by molar-refractivity contribution is 5.40. The number of aliphatic hydroxyl groups excluding tert-OH is 1. The molecule has 0 unspecified atom stereocenters. The molecule has 106 valence electrons. The maximum absolute atomic E-state index is 10.4. The van der Waals surface area contributed by atoms with E-state index in [1.54, 1.807) is 0 Å². The molecule has 2 heteroatoms. The minimum absolute atomic E-state index is 0.351. The Balaban J connectivity index is 2.21. The molecule has 0 aromatic heterocycles. The summed E-state index contributed by atoms with van der Waals surface area (Å²) in [5.41, 5.74) is 12.0. The summed E-state index contributed by atoms with van der Waals surface area (Å²) in [5.74, 6) is 0. The molecular weight excluding hydrogens is 246 g/mol. The first-order valence-corrected chi connectivity index (χ1v) is 7.04. The molecule has 2 rings (SSSR count). The molecular formula is C18H23NO. The Labute approximate surface area is 121 Å². The average molecular weight is 269 g/mol. The van der Waals surface area contributed by atoms with Gasteiger partial charge in [-0.05, 0) is 43.0 Å². The van der Waals surface area contributed by atoms with Crippen molar-refractivity contribution in [1.29, 1.82) is 0 Å². The lowest BCUT2D eigenvalue weighted by atomic mass is 9.89. The molecule has 0 bridgehead atoms. The summed E-state index contributed by atoms with van der Waals surface area (Å²) < 4.78 is 0. The molecule has 3 N–H and O–H groups in total. The fourth-order valence-corrected chi connectivity index (χ4v) is 2.89. The SMILES string of the molecule is Cc1cc(C)c([C@H](N)[C@H](O)Cc2ccccc2)c(C)c1. The van der Waals surface area contributed by atoms with Gasteiger partial charge in [-0.2, -0.15) is 0 Å². The lowest BCUT2D eigenvalue weighted by Crippen LogP contribution is -2.29. The molecule has 2 aromatic rings. The maximum Gasteiger partial charge on any atom is 0.0773 e. The standard InChI is InChI=1S/C18H23NO/c1-12-9-13(2)17(14(3)10-12)18(19)16(20)11-15-7-5-4-6-8-15/h4-10,16,18,20H,11,19H2,1-3H3/t16-,18-/m1/s1. The summed E-state index contributed by atoms with van der Waals surface area (Å²) in [5, 5.41) is 10.4. The van der Waals surface area contributed by atoms with Crippen LogP contribution >= 0.6 is 0 Å². The van der Waals surface area contributed by atoms with Gasteiger partial charge in [0, 0.05) is 6.42 Å². The molecule has 0 radical (unpaired) electrons. The number of hydrogen-bond acceptors (Lipinski definition) is 2. The van der Waals surface area contributed by atoms with Crippen molar-refractivity contribution in [3.05, 3.63) is 70.3 Å². The van der Waals surface area contributed by atoms with Gasteiger partial charge in [-0.3, -0.25) is 0 Å². The van der Waals surface area contributed by atoms with Crippen molar-refractivity contribution in [2.75, 3.05) is 0 Å². The Kier molecular flexibility index (Phi) is 4.58. The summed E-state index contributed by atoms with van der Waals surface area (Å²) in [4.78, 5) is 0. The van der Waals surface area contributed by atoms with E-state index in [0.29, 0.717) is 6.42 Å². The largest absolute Gasteiger partial charge is 0.391 e. The second-order valence-corrected chi connectivity index (χ2v) is 5.60. The number of aryl methyl sites for hydroxylation is 3. The van der Waals surface area contributed by atoms with Crippen LogP contribution in [-0.4, -0.2) is 11.2 Å². The number of aliphatic hydroxyl groups is 1. The second-order valence-electron chi connectivity index (χ2n) is 5.60. The predicted molar refractivity (Wildman–Crippen MR) is 83.7 cm³/mol. The van der Waals surface area contributed by atoms with E-state index in [1.165, 1.54) is 5.56 Å². The Hall–Kier alpha value is -1.64. The van der Waals surface area contributed by atoms with Crippen LogP contribution in [0.4, 0.5) is 0 Å². The molecule has 0 aliphatic heterocycles. The number of benzene rings is 2. The molecule has 0 heterocycles. The smallest absolute Gasteiger partial charge is 0.0773 e. The summed E-state index contributed by atoms with van der Waals surface area (Å²) in [6.45, 7) is 6.20. The summed E-state index contributed by atoms with van der Waals surface area (Å²) in [6.07, 6.45) is 0.00638. The van der Waals surface area contributed by atoms with Gasteiger partial charge < -0.3 is 10.8 Å². The predicted octanol–water partition coefficient (Wildman–Crippen LogP) is 3.22. The van der Waals surface area contributed by atoms with Gasteiger partial charge in [0.25, 0.3) is 0 Å². The van der Waals surface area contributed by atoms with Gasteiger partial charge in [0.1, 0.15) is 0 Å². The Morgan fingerprint density at radius 1 is 1.00 bits per heavy atom. The van der Waals surface area contributed by atoms with Crippen molar-refractivity contribution in [1.82, 2.24) is 0 Å². The molecule has 0 amide bonds. The van der Waals surface area contributed by atoms with Crippen LogP contribution in [0, 0.1) is 20.8 Å². The normalized spacial score (nSPS) is 14.1. The fraction of sp³-hybridized carbons (Fsp3) is 0.333. The van der Waals surface area contributed by atoms with Gasteiger partial charge in [-0.15, -0.1) is 0 Å². The summed E-state index contributed by atoms with van der Waals surface area (Å²) in [7, 11) is 0. The first-order chi connectivity index (χ1) is 9.49. The van der Waals surface area contributed by atoms with E-state index in [-0.39, 0.29) is 6.04 Å². The maximum atomic E-state index is 10.4. The van der Waals surface area contributed by atoms with Gasteiger partial charge in [-0.25, -0.2) is 0 Å². The molecule has 2 nitrogen and oxygen atoms in total. The number of hydrogen-bond donors (Lipinski definition) is 2. The van der Waals surface area contributed by atoms with E-state index in [0.717, 1.165) is 22.3 Å². The quantitative estimate of drug-likeness (QED) is 0.895. The van der Waals surface area contributed by atoms with Crippen molar-refractivity contribution >= 4 is 0 Å². The first kappa shape index (κ1) is 14.8. The third kappa shape index (κ3) is 3.27. The van der Waals surface area contributed by atoms with E-state index < -0.39 is 6.10 Å². The number of nitrogens with two attached hydrogens (primary N) is 1. The van der Waals surface area contributed by atoms with Gasteiger partial charge in [-0.1, -0.05) is 48.0 Å². The lowest BCUT2D eigenvalue weighted by Gasteiger charge is -2.23. The highest BCUT2D eigenvalue weighted by Crippen LogP contribution is 2.25. The monoisotopic (exact) mass is 269 g/mol. The Morgan fingerprint density at radius 2 is 1.55 bits per heavy atom. The Bertz CT molecular complexity index is 554. The molecule has 0 aliphatic carbocycles. The highest BCUT2D eigenvalue weighted by atomic mass is 16.3. The van der Waals surface area contributed by atoms with Gasteiger partial charge in [0.2, 0.25) is 0 Å². The van der Waals surface area contributed by atoms with Crippen molar-refractivity contribution in [3.63, 3.8) is 0 Å². The zero-order valence-electron chi connectivity index (χ0n) is 12.4. The first-order valence-electron chi connectivity index (χ1n) is 7.04. The van der Waals surface area contributed by atoms with Gasteiger partial charge in [0.15, 0.2) is 0 Å². The van der Waals surface area contributed by atoms with E-state index in [2.05, 4.69) is 32.9 Å².